The molecule has 0 saturated carbocycles. The fourth-order valence-electron chi connectivity index (χ4n) is 5.15. The van der Waals surface area contributed by atoms with Gasteiger partial charge in [-0.1, -0.05) is 182 Å². The topological polar surface area (TPSA) is 199 Å². The molecule has 0 spiro atoms. The number of alkyl halides is 12. The first-order chi connectivity index (χ1) is 32.0. The zero-order valence-electron chi connectivity index (χ0n) is 34.9. The molecule has 1 radical (unpaired) electrons. The van der Waals surface area contributed by atoms with Crippen LogP contribution in [0.1, 0.15) is 0 Å². The van der Waals surface area contributed by atoms with E-state index in [2.05, 4.69) is 0 Å². The Kier molecular flexibility index (Phi) is 22.1. The Morgan fingerprint density at radius 3 is 0.479 bits per heavy atom. The van der Waals surface area contributed by atoms with Gasteiger partial charge in [0.25, 0.3) is 0 Å². The van der Waals surface area contributed by atoms with E-state index < -0.39 is 76.4 Å². The van der Waals surface area contributed by atoms with E-state index in [1.165, 1.54) is 0 Å². The quantitative estimate of drug-likeness (QED) is 0.0944. The van der Waals surface area contributed by atoms with E-state index >= 15 is 0 Å². The van der Waals surface area contributed by atoms with Gasteiger partial charge in [0, 0.05) is 31.8 Å². The van der Waals surface area contributed by atoms with Crippen molar-refractivity contribution in [2.24, 2.45) is 0 Å². The maximum Gasteiger partial charge on any atom is 3.00 e. The van der Waals surface area contributed by atoms with Crippen molar-refractivity contribution in [3.05, 3.63) is 190 Å². The van der Waals surface area contributed by atoms with E-state index in [4.69, 9.17) is 0 Å². The van der Waals surface area contributed by atoms with Crippen molar-refractivity contribution < 1.29 is 137 Å². The zero-order valence-corrected chi connectivity index (χ0v) is 43.1. The minimum atomic E-state index is -6.72. The first kappa shape index (κ1) is 63.2. The number of rotatable bonds is 10. The van der Waals surface area contributed by atoms with Crippen molar-refractivity contribution in [3.8, 4) is 0 Å². The van der Waals surface area contributed by atoms with Crippen LogP contribution in [0.15, 0.2) is 182 Å². The summed E-state index contributed by atoms with van der Waals surface area (Å²) in [5.74, 6) is 0. The summed E-state index contributed by atoms with van der Waals surface area (Å²) in [7, 11) is -32.4. The second-order valence-corrected chi connectivity index (χ2v) is 25.4. The molecule has 12 nitrogen and oxygen atoms in total. The number of nitrogens with zero attached hydrogens (tertiary/aromatic N) is 2. The van der Waals surface area contributed by atoms with Gasteiger partial charge in [-0.05, 0) is 0 Å². The molecule has 0 bridgehead atoms. The molecule has 71 heavy (non-hydrogen) atoms. The van der Waals surface area contributed by atoms with E-state index in [0.717, 1.165) is 40.1 Å². The predicted octanol–water partition coefficient (Wildman–Crippen LogP) is 8.77. The van der Waals surface area contributed by atoms with Crippen LogP contribution in [0.3, 0.4) is 0 Å². The van der Waals surface area contributed by atoms with E-state index in [1.54, 1.807) is 0 Å². The first-order valence-electron chi connectivity index (χ1n) is 18.3. The van der Waals surface area contributed by atoms with Gasteiger partial charge in [-0.15, -0.1) is 0 Å². The molecule has 0 amide bonds. The third-order valence-electron chi connectivity index (χ3n) is 8.28. The fourth-order valence-corrected chi connectivity index (χ4v) is 13.9. The van der Waals surface area contributed by atoms with Crippen molar-refractivity contribution in [1.29, 1.82) is 0 Å². The third kappa shape index (κ3) is 16.5. The molecule has 6 aromatic carbocycles. The van der Waals surface area contributed by atoms with Gasteiger partial charge in [-0.2, -0.15) is 52.7 Å². The van der Waals surface area contributed by atoms with Crippen LogP contribution in [-0.4, -0.2) is 55.7 Å². The molecule has 0 N–H and O–H groups in total. The Morgan fingerprint density at radius 1 is 0.268 bits per heavy atom. The maximum absolute atomic E-state index is 13.8. The van der Waals surface area contributed by atoms with Gasteiger partial charge < -0.3 is 17.4 Å². The summed E-state index contributed by atoms with van der Waals surface area (Å²) in [5.41, 5.74) is -24.8. The van der Waals surface area contributed by atoms with Crippen LogP contribution in [-0.2, 0) is 49.2 Å². The zero-order chi connectivity index (χ0) is 53.1. The van der Waals surface area contributed by atoms with E-state index in [1.807, 2.05) is 182 Å². The molecule has 6 rings (SSSR count). The second kappa shape index (κ2) is 24.8. The molecule has 6 aromatic rings. The van der Waals surface area contributed by atoms with E-state index in [-0.39, 0.29) is 41.7 Å². The van der Waals surface area contributed by atoms with E-state index in [9.17, 15) is 95.5 Å². The molecule has 381 valence electrons. The molecule has 0 aliphatic carbocycles. The monoisotopic (exact) mass is 1260 g/mol. The van der Waals surface area contributed by atoms with Gasteiger partial charge in [0.1, 0.15) is 0 Å². The van der Waals surface area contributed by atoms with Gasteiger partial charge in [0.05, 0.1) is 0 Å². The van der Waals surface area contributed by atoms with Crippen LogP contribution in [0.2, 0.25) is 0 Å². The molecule has 0 aliphatic rings. The Morgan fingerprint density at radius 2 is 0.380 bits per heavy atom. The number of hydrogen-bond acceptors (Lipinski definition) is 10. The van der Waals surface area contributed by atoms with Crippen LogP contribution < -0.4 is 31.8 Å². The average molecular weight is 1260 g/mol. The SMILES string of the molecule is O=P(c1ccccc1)(c1ccccc1)c1ccccc1.O=P(c1ccccc1)(c1ccccc1)c1ccccc1.O=S(=O)([N-]S(=O)(=O)C(F)(F)F)C(F)(F)F.O=S(=O)([N-]S(=O)(=O)C(F)(F)F)C(F)(F)F.[Ce+3]. The van der Waals surface area contributed by atoms with Crippen LogP contribution in [0.25, 0.3) is 8.25 Å². The molecule has 0 unspecified atom stereocenters. The van der Waals surface area contributed by atoms with Gasteiger partial charge in [0.15, 0.2) is 54.4 Å². The number of halogens is 12. The molecular formula is C40H30CeF12N2O10P2S4+. The number of sulfonamides is 4. The molecular weight excluding hydrogens is 1230 g/mol. The van der Waals surface area contributed by atoms with Crippen molar-refractivity contribution in [2.75, 3.05) is 0 Å². The maximum atomic E-state index is 13.8. The van der Waals surface area contributed by atoms with Crippen LogP contribution >= 0.6 is 14.3 Å². The normalized spacial score (nSPS) is 12.8. The molecule has 0 aliphatic heterocycles. The van der Waals surface area contributed by atoms with Crippen molar-refractivity contribution in [1.82, 2.24) is 0 Å². The molecule has 0 atom stereocenters. The molecule has 0 aromatic heterocycles. The Bertz CT molecular complexity index is 2700. The minimum absolute atomic E-state index is 0. The second-order valence-electron chi connectivity index (χ2n) is 13.1. The summed E-state index contributed by atoms with van der Waals surface area (Å²) < 4.78 is 246. The molecule has 0 fully saturated rings. The van der Waals surface area contributed by atoms with Crippen LogP contribution in [0.5, 0.6) is 0 Å². The summed E-state index contributed by atoms with van der Waals surface area (Å²) in [6.45, 7) is 0. The Hall–Kier alpha value is -3.96. The van der Waals surface area contributed by atoms with E-state index in [0.29, 0.717) is 0 Å². The van der Waals surface area contributed by atoms with Gasteiger partial charge in [0.2, 0.25) is 0 Å². The van der Waals surface area contributed by atoms with Gasteiger partial charge in [-0.3, -0.25) is 0 Å². The fraction of sp³-hybridized carbons (Fsp3) is 0.100. The molecule has 31 heteroatoms. The summed E-state index contributed by atoms with van der Waals surface area (Å²) in [6.07, 6.45) is 0. The van der Waals surface area contributed by atoms with Crippen LogP contribution in [0, 0.1) is 41.7 Å². The first-order valence-corrected chi connectivity index (χ1v) is 27.5. The predicted molar refractivity (Wildman–Crippen MR) is 238 cm³/mol. The summed E-state index contributed by atoms with van der Waals surface area (Å²) in [4.78, 5) is 0. The largest absolute Gasteiger partial charge is 3.00 e. The standard InChI is InChI=1S/2C18H15OP.2C2F6NO4S2.Ce/c2*19-20(16-10-4-1-5-11-16,17-12-6-2-7-13-17)18-14-8-3-9-15-18;2*3-1(4,5)14(10,11)9-15(12,13)2(6,7)8;/h2*1-15H;;;/q;;2*-1;+3. The van der Waals surface area contributed by atoms with Gasteiger partial charge in [-0.25, -0.2) is 33.7 Å². The summed E-state index contributed by atoms with van der Waals surface area (Å²) >= 11 is 0. The summed E-state index contributed by atoms with van der Waals surface area (Å²) in [5, 5.41) is 5.24. The van der Waals surface area contributed by atoms with Crippen molar-refractivity contribution in [2.45, 2.75) is 22.0 Å². The van der Waals surface area contributed by atoms with Crippen molar-refractivity contribution in [3.63, 3.8) is 0 Å². The van der Waals surface area contributed by atoms with Crippen LogP contribution in [0.4, 0.5) is 52.7 Å². The summed E-state index contributed by atoms with van der Waals surface area (Å²) in [6, 6.07) is 58.3. The molecule has 0 saturated heterocycles. The average Bonchev–Trinajstić information content (AvgIpc) is 3.29. The van der Waals surface area contributed by atoms with Crippen molar-refractivity contribution >= 4 is 86.2 Å². The minimum Gasteiger partial charge on any atom is -0.421 e. The number of hydrogen-bond donors (Lipinski definition) is 0. The van der Waals surface area contributed by atoms with Gasteiger partial charge >= 0.3 is 63.8 Å². The Labute approximate surface area is 432 Å². The Balaban J connectivity index is 0.000000327. The smallest absolute Gasteiger partial charge is 0.421 e. The number of benzene rings is 6. The molecule has 0 heterocycles. The third-order valence-corrected chi connectivity index (χ3v) is 19.9.